The predicted octanol–water partition coefficient (Wildman–Crippen LogP) is 3.89. The molecule has 2 aliphatic heterocycles. The summed E-state index contributed by atoms with van der Waals surface area (Å²) in [5.41, 5.74) is 4.78. The summed E-state index contributed by atoms with van der Waals surface area (Å²) >= 11 is 0. The summed E-state index contributed by atoms with van der Waals surface area (Å²) in [5, 5.41) is 0. The Morgan fingerprint density at radius 1 is 0.952 bits per heavy atom. The topological polar surface area (TPSA) is 27.7 Å². The van der Waals surface area contributed by atoms with Crippen molar-refractivity contribution >= 4 is 0 Å². The smallest absolute Gasteiger partial charge is 0.184 e. The van der Waals surface area contributed by atoms with Crippen LogP contribution in [0.5, 0.6) is 5.75 Å². The van der Waals surface area contributed by atoms with E-state index in [0.717, 1.165) is 16.9 Å². The van der Waals surface area contributed by atoms with Crippen molar-refractivity contribution in [1.29, 1.82) is 0 Å². The Labute approximate surface area is 124 Å². The van der Waals surface area contributed by atoms with Gasteiger partial charge in [-0.25, -0.2) is 0 Å². The maximum Gasteiger partial charge on any atom is 0.184 e. The summed E-state index contributed by atoms with van der Waals surface area (Å²) in [6, 6.07) is 14.8. The van der Waals surface area contributed by atoms with E-state index in [2.05, 4.69) is 49.4 Å². The first-order chi connectivity index (χ1) is 10.3. The average Bonchev–Trinajstić information content (AvgIpc) is 3.02. The summed E-state index contributed by atoms with van der Waals surface area (Å²) in [5.74, 6) is 1.31. The van der Waals surface area contributed by atoms with Crippen LogP contribution in [-0.4, -0.2) is 19.8 Å². The van der Waals surface area contributed by atoms with Gasteiger partial charge in [0.05, 0.1) is 19.8 Å². The highest BCUT2D eigenvalue weighted by atomic mass is 16.7. The van der Waals surface area contributed by atoms with Crippen molar-refractivity contribution in [2.45, 2.75) is 19.1 Å². The highest BCUT2D eigenvalue weighted by Crippen LogP contribution is 2.40. The summed E-state index contributed by atoms with van der Waals surface area (Å²) in [6.07, 6.45) is -0.255. The van der Waals surface area contributed by atoms with E-state index < -0.39 is 0 Å². The van der Waals surface area contributed by atoms with Gasteiger partial charge in [0.1, 0.15) is 5.75 Å². The summed E-state index contributed by atoms with van der Waals surface area (Å²) in [6.45, 7) is 4.21. The van der Waals surface area contributed by atoms with Crippen LogP contribution in [0.25, 0.3) is 11.1 Å². The molecular formula is C18H18O3. The van der Waals surface area contributed by atoms with E-state index in [4.69, 9.17) is 14.2 Å². The molecule has 0 saturated carbocycles. The van der Waals surface area contributed by atoms with Crippen LogP contribution in [0.3, 0.4) is 0 Å². The molecule has 3 nitrogen and oxygen atoms in total. The van der Waals surface area contributed by atoms with E-state index in [1.165, 1.54) is 11.1 Å². The van der Waals surface area contributed by atoms with Gasteiger partial charge in [-0.05, 0) is 17.2 Å². The molecule has 1 atom stereocenters. The Morgan fingerprint density at radius 3 is 2.62 bits per heavy atom. The van der Waals surface area contributed by atoms with Crippen molar-refractivity contribution in [3.8, 4) is 16.9 Å². The van der Waals surface area contributed by atoms with Crippen LogP contribution in [0, 0.1) is 0 Å². The third-order valence-electron chi connectivity index (χ3n) is 4.17. The molecule has 4 rings (SSSR count). The molecule has 3 heteroatoms. The van der Waals surface area contributed by atoms with E-state index in [0.29, 0.717) is 25.7 Å². The van der Waals surface area contributed by atoms with Gasteiger partial charge in [0.2, 0.25) is 0 Å². The molecule has 2 aliphatic rings. The zero-order chi connectivity index (χ0) is 14.2. The first kappa shape index (κ1) is 12.9. The largest absolute Gasteiger partial charge is 0.492 e. The minimum absolute atomic E-state index is 0.255. The maximum absolute atomic E-state index is 6.03. The van der Waals surface area contributed by atoms with Crippen molar-refractivity contribution < 1.29 is 14.2 Å². The van der Waals surface area contributed by atoms with Crippen molar-refractivity contribution in [3.05, 3.63) is 53.6 Å². The number of ether oxygens (including phenoxy) is 3. The molecule has 2 heterocycles. The molecule has 2 aromatic carbocycles. The van der Waals surface area contributed by atoms with Crippen LogP contribution in [0.15, 0.2) is 42.5 Å². The number of fused-ring (bicyclic) bond motifs is 3. The van der Waals surface area contributed by atoms with Crippen LogP contribution in [0.4, 0.5) is 0 Å². The standard InChI is InChI=1S/C18H18O3/c1-12-11-21-17-10-13(18-19-8-9-20-18)6-7-16(17)15-5-3-2-4-14(12)15/h2-7,10,12,18H,8-9,11H2,1H3. The lowest BCUT2D eigenvalue weighted by molar-refractivity contribution is -0.0442. The first-order valence-corrected chi connectivity index (χ1v) is 7.42. The highest BCUT2D eigenvalue weighted by molar-refractivity contribution is 5.75. The molecule has 0 amide bonds. The summed E-state index contributed by atoms with van der Waals surface area (Å²) in [7, 11) is 0. The lowest BCUT2D eigenvalue weighted by Crippen LogP contribution is -2.05. The van der Waals surface area contributed by atoms with Gasteiger partial charge in [-0.15, -0.1) is 0 Å². The molecule has 108 valence electrons. The fourth-order valence-electron chi connectivity index (χ4n) is 3.05. The minimum atomic E-state index is -0.255. The SMILES string of the molecule is CC1COc2cc(C3OCCO3)ccc2-c2ccccc21. The van der Waals surface area contributed by atoms with Gasteiger partial charge in [-0.1, -0.05) is 43.3 Å². The quantitative estimate of drug-likeness (QED) is 0.794. The van der Waals surface area contributed by atoms with Crippen molar-refractivity contribution in [2.24, 2.45) is 0 Å². The molecule has 0 bridgehead atoms. The second-order valence-corrected chi connectivity index (χ2v) is 5.63. The van der Waals surface area contributed by atoms with Gasteiger partial charge < -0.3 is 14.2 Å². The van der Waals surface area contributed by atoms with Crippen molar-refractivity contribution in [1.82, 2.24) is 0 Å². The van der Waals surface area contributed by atoms with E-state index >= 15 is 0 Å². The van der Waals surface area contributed by atoms with E-state index in [1.54, 1.807) is 0 Å². The molecular weight excluding hydrogens is 264 g/mol. The van der Waals surface area contributed by atoms with Gasteiger partial charge in [0.25, 0.3) is 0 Å². The third-order valence-corrected chi connectivity index (χ3v) is 4.17. The van der Waals surface area contributed by atoms with Crippen molar-refractivity contribution in [3.63, 3.8) is 0 Å². The number of benzene rings is 2. The van der Waals surface area contributed by atoms with Gasteiger partial charge >= 0.3 is 0 Å². The molecule has 21 heavy (non-hydrogen) atoms. The molecule has 1 fully saturated rings. The Kier molecular flexibility index (Phi) is 3.17. The fraction of sp³-hybridized carbons (Fsp3) is 0.333. The second-order valence-electron chi connectivity index (χ2n) is 5.63. The van der Waals surface area contributed by atoms with Crippen LogP contribution in [-0.2, 0) is 9.47 Å². The lowest BCUT2D eigenvalue weighted by Gasteiger charge is -2.14. The van der Waals surface area contributed by atoms with Crippen molar-refractivity contribution in [2.75, 3.05) is 19.8 Å². The van der Waals surface area contributed by atoms with Gasteiger partial charge in [0.15, 0.2) is 6.29 Å². The molecule has 0 radical (unpaired) electrons. The predicted molar refractivity (Wildman–Crippen MR) is 80.4 cm³/mol. The second kappa shape index (κ2) is 5.17. The maximum atomic E-state index is 6.03. The van der Waals surface area contributed by atoms with E-state index in [9.17, 15) is 0 Å². The average molecular weight is 282 g/mol. The summed E-state index contributed by atoms with van der Waals surface area (Å²) < 4.78 is 17.2. The van der Waals surface area contributed by atoms with Gasteiger partial charge in [-0.2, -0.15) is 0 Å². The molecule has 1 saturated heterocycles. The molecule has 1 unspecified atom stereocenters. The first-order valence-electron chi connectivity index (χ1n) is 7.42. The monoisotopic (exact) mass is 282 g/mol. The molecule has 0 aromatic heterocycles. The number of hydrogen-bond donors (Lipinski definition) is 0. The van der Waals surface area contributed by atoms with E-state index in [1.807, 2.05) is 0 Å². The van der Waals surface area contributed by atoms with E-state index in [-0.39, 0.29) is 6.29 Å². The zero-order valence-electron chi connectivity index (χ0n) is 12.0. The van der Waals surface area contributed by atoms with Crippen LogP contribution >= 0.6 is 0 Å². The lowest BCUT2D eigenvalue weighted by atomic mass is 9.92. The Morgan fingerprint density at radius 2 is 1.76 bits per heavy atom. The fourth-order valence-corrected chi connectivity index (χ4v) is 3.05. The summed E-state index contributed by atoms with van der Waals surface area (Å²) in [4.78, 5) is 0. The Balaban J connectivity index is 1.80. The Bertz CT molecular complexity index is 659. The van der Waals surface area contributed by atoms with Crippen LogP contribution in [0.2, 0.25) is 0 Å². The van der Waals surface area contributed by atoms with Crippen LogP contribution in [0.1, 0.15) is 30.3 Å². The molecule has 2 aromatic rings. The normalized spacial score (nSPS) is 21.3. The van der Waals surface area contributed by atoms with Gasteiger partial charge in [0, 0.05) is 17.0 Å². The molecule has 0 N–H and O–H groups in total. The van der Waals surface area contributed by atoms with Gasteiger partial charge in [-0.3, -0.25) is 0 Å². The highest BCUT2D eigenvalue weighted by Gasteiger charge is 2.23. The molecule has 0 aliphatic carbocycles. The number of rotatable bonds is 1. The Hall–Kier alpha value is -1.84. The van der Waals surface area contributed by atoms with Crippen LogP contribution < -0.4 is 4.74 Å². The number of hydrogen-bond acceptors (Lipinski definition) is 3. The molecule has 0 spiro atoms. The minimum Gasteiger partial charge on any atom is -0.492 e. The third kappa shape index (κ3) is 2.23. The zero-order valence-corrected chi connectivity index (χ0v) is 12.0.